The first kappa shape index (κ1) is 14.7. The second kappa shape index (κ2) is 5.90. The maximum absolute atomic E-state index is 4.77. The van der Waals surface area contributed by atoms with Crippen LogP contribution in [0.15, 0.2) is 24.3 Å². The minimum absolute atomic E-state index is 0.204. The van der Waals surface area contributed by atoms with Crippen LogP contribution < -0.4 is 5.32 Å². The Morgan fingerprint density at radius 2 is 1.81 bits per heavy atom. The zero-order valence-electron chi connectivity index (χ0n) is 13.3. The third-order valence-corrected chi connectivity index (χ3v) is 5.25. The van der Waals surface area contributed by atoms with Gasteiger partial charge in [0.1, 0.15) is 5.01 Å². The Bertz CT molecular complexity index is 589. The molecule has 0 aliphatic heterocycles. The number of nitrogens with one attached hydrogen (secondary N) is 1. The van der Waals surface area contributed by atoms with E-state index in [1.807, 2.05) is 11.3 Å². The number of rotatable bonds is 5. The largest absolute Gasteiger partial charge is 0.302 e. The molecule has 1 fully saturated rings. The molecule has 0 spiro atoms. The van der Waals surface area contributed by atoms with E-state index in [-0.39, 0.29) is 6.04 Å². The van der Waals surface area contributed by atoms with Crippen LogP contribution in [0.3, 0.4) is 0 Å². The molecule has 1 aliphatic carbocycles. The van der Waals surface area contributed by atoms with E-state index in [9.17, 15) is 0 Å². The van der Waals surface area contributed by atoms with Gasteiger partial charge in [0, 0.05) is 10.9 Å². The topological polar surface area (TPSA) is 24.9 Å². The van der Waals surface area contributed by atoms with Crippen molar-refractivity contribution >= 4 is 11.3 Å². The van der Waals surface area contributed by atoms with Gasteiger partial charge in [0.15, 0.2) is 0 Å². The fraction of sp³-hybridized carbons (Fsp3) is 0.500. The molecule has 2 aromatic rings. The van der Waals surface area contributed by atoms with Gasteiger partial charge in [0.05, 0.1) is 11.7 Å². The first-order valence-corrected chi connectivity index (χ1v) is 8.66. The summed E-state index contributed by atoms with van der Waals surface area (Å²) < 4.78 is 0. The minimum Gasteiger partial charge on any atom is -0.302 e. The summed E-state index contributed by atoms with van der Waals surface area (Å²) in [6, 6.07) is 9.79. The normalized spacial score (nSPS) is 16.4. The molecule has 1 aromatic heterocycles. The second-order valence-electron chi connectivity index (χ2n) is 6.39. The number of aromatic nitrogens is 1. The van der Waals surface area contributed by atoms with E-state index in [4.69, 9.17) is 4.98 Å². The Morgan fingerprint density at radius 1 is 1.14 bits per heavy atom. The van der Waals surface area contributed by atoms with Gasteiger partial charge < -0.3 is 5.32 Å². The number of hydrogen-bond acceptors (Lipinski definition) is 3. The third-order valence-electron chi connectivity index (χ3n) is 4.11. The van der Waals surface area contributed by atoms with E-state index in [2.05, 4.69) is 57.3 Å². The molecular formula is C18H24N2S. The van der Waals surface area contributed by atoms with Crippen LogP contribution in [0.2, 0.25) is 0 Å². The van der Waals surface area contributed by atoms with Crippen molar-refractivity contribution in [1.82, 2.24) is 10.3 Å². The van der Waals surface area contributed by atoms with Crippen LogP contribution in [0.25, 0.3) is 0 Å². The van der Waals surface area contributed by atoms with Gasteiger partial charge in [0.25, 0.3) is 0 Å². The third kappa shape index (κ3) is 3.35. The molecule has 0 saturated heterocycles. The van der Waals surface area contributed by atoms with Crippen molar-refractivity contribution in [1.29, 1.82) is 0 Å². The van der Waals surface area contributed by atoms with Gasteiger partial charge in [-0.1, -0.05) is 24.3 Å². The molecule has 1 aromatic carbocycles. The minimum atomic E-state index is 0.204. The summed E-state index contributed by atoms with van der Waals surface area (Å²) >= 11 is 1.81. The van der Waals surface area contributed by atoms with E-state index >= 15 is 0 Å². The van der Waals surface area contributed by atoms with Crippen LogP contribution in [0.5, 0.6) is 0 Å². The molecule has 1 heterocycles. The van der Waals surface area contributed by atoms with Crippen LogP contribution in [0.1, 0.15) is 65.4 Å². The summed E-state index contributed by atoms with van der Waals surface area (Å²) in [6.45, 7) is 8.63. The lowest BCUT2D eigenvalue weighted by atomic mass is 10.0. The van der Waals surface area contributed by atoms with E-state index in [0.29, 0.717) is 6.04 Å². The highest BCUT2D eigenvalue weighted by Gasteiger charge is 2.24. The Morgan fingerprint density at radius 3 is 2.29 bits per heavy atom. The van der Waals surface area contributed by atoms with E-state index < -0.39 is 0 Å². The van der Waals surface area contributed by atoms with E-state index in [1.54, 1.807) is 0 Å². The Kier molecular flexibility index (Phi) is 4.14. The highest BCUT2D eigenvalue weighted by molar-refractivity contribution is 7.11. The van der Waals surface area contributed by atoms with Crippen molar-refractivity contribution < 1.29 is 0 Å². The molecule has 112 valence electrons. The average Bonchev–Trinajstić information content (AvgIpc) is 3.24. The lowest BCUT2D eigenvalue weighted by Gasteiger charge is -2.20. The molecule has 1 saturated carbocycles. The predicted octanol–water partition coefficient (Wildman–Crippen LogP) is 4.72. The number of hydrogen-bond donors (Lipinski definition) is 1. The smallest absolute Gasteiger partial charge is 0.115 e. The molecule has 3 heteroatoms. The quantitative estimate of drug-likeness (QED) is 0.864. The summed E-state index contributed by atoms with van der Waals surface area (Å²) in [5.74, 6) is 0.819. The molecule has 1 N–H and O–H groups in total. The zero-order chi connectivity index (χ0) is 15.0. The predicted molar refractivity (Wildman–Crippen MR) is 90.1 cm³/mol. The van der Waals surface area contributed by atoms with Crippen LogP contribution in [-0.2, 0) is 0 Å². The van der Waals surface area contributed by atoms with Crippen molar-refractivity contribution in [3.8, 4) is 0 Å². The standard InChI is InChI=1S/C18H24N2S/c1-11(2)19-17(18-20-12(3)13(4)21-18)16-9-7-15(8-10-16)14-5-6-14/h7-11,14,17,19H,5-6H2,1-4H3. The molecule has 0 radical (unpaired) electrons. The van der Waals surface area contributed by atoms with E-state index in [1.165, 1.54) is 33.9 Å². The summed E-state index contributed by atoms with van der Waals surface area (Å²) in [6.07, 6.45) is 2.72. The van der Waals surface area contributed by atoms with Gasteiger partial charge in [-0.3, -0.25) is 0 Å². The SMILES string of the molecule is Cc1nc(C(NC(C)C)c2ccc(C3CC3)cc2)sc1C. The van der Waals surface area contributed by atoms with Crippen LogP contribution in [0.4, 0.5) is 0 Å². The summed E-state index contributed by atoms with van der Waals surface area (Å²) in [5, 5.41) is 4.84. The summed E-state index contributed by atoms with van der Waals surface area (Å²) in [7, 11) is 0. The second-order valence-corrected chi connectivity index (χ2v) is 7.62. The Hall–Kier alpha value is -1.19. The van der Waals surface area contributed by atoms with Crippen molar-refractivity contribution in [3.05, 3.63) is 51.0 Å². The fourth-order valence-corrected chi connectivity index (χ4v) is 3.65. The molecule has 2 nitrogen and oxygen atoms in total. The molecule has 1 aliphatic rings. The van der Waals surface area contributed by atoms with Crippen molar-refractivity contribution in [2.75, 3.05) is 0 Å². The lowest BCUT2D eigenvalue weighted by Crippen LogP contribution is -2.28. The average molecular weight is 300 g/mol. The number of benzene rings is 1. The van der Waals surface area contributed by atoms with Gasteiger partial charge in [-0.2, -0.15) is 0 Å². The van der Waals surface area contributed by atoms with Crippen LogP contribution in [0, 0.1) is 13.8 Å². The van der Waals surface area contributed by atoms with Gasteiger partial charge in [0.2, 0.25) is 0 Å². The van der Waals surface area contributed by atoms with Crippen molar-refractivity contribution in [2.45, 2.75) is 58.5 Å². The molecule has 21 heavy (non-hydrogen) atoms. The zero-order valence-corrected chi connectivity index (χ0v) is 14.1. The monoisotopic (exact) mass is 300 g/mol. The van der Waals surface area contributed by atoms with Gasteiger partial charge >= 0.3 is 0 Å². The van der Waals surface area contributed by atoms with Gasteiger partial charge in [-0.15, -0.1) is 11.3 Å². The Balaban J connectivity index is 1.90. The first-order valence-electron chi connectivity index (χ1n) is 7.84. The number of thiazole rings is 1. The number of nitrogens with zero attached hydrogens (tertiary/aromatic N) is 1. The van der Waals surface area contributed by atoms with Crippen LogP contribution >= 0.6 is 11.3 Å². The number of aryl methyl sites for hydroxylation is 2. The van der Waals surface area contributed by atoms with Gasteiger partial charge in [-0.05, 0) is 57.6 Å². The summed E-state index contributed by atoms with van der Waals surface area (Å²) in [4.78, 5) is 6.08. The maximum atomic E-state index is 4.77. The van der Waals surface area contributed by atoms with Crippen molar-refractivity contribution in [2.24, 2.45) is 0 Å². The fourth-order valence-electron chi connectivity index (χ4n) is 2.64. The van der Waals surface area contributed by atoms with Gasteiger partial charge in [-0.25, -0.2) is 4.98 Å². The molecule has 0 bridgehead atoms. The highest BCUT2D eigenvalue weighted by Crippen LogP contribution is 2.40. The summed E-state index contributed by atoms with van der Waals surface area (Å²) in [5.41, 5.74) is 3.97. The molecule has 3 rings (SSSR count). The maximum Gasteiger partial charge on any atom is 0.115 e. The molecule has 1 atom stereocenters. The lowest BCUT2D eigenvalue weighted by molar-refractivity contribution is 0.526. The van der Waals surface area contributed by atoms with Crippen LogP contribution in [-0.4, -0.2) is 11.0 Å². The molecular weight excluding hydrogens is 276 g/mol. The molecule has 0 amide bonds. The first-order chi connectivity index (χ1) is 10.0. The highest BCUT2D eigenvalue weighted by atomic mass is 32.1. The van der Waals surface area contributed by atoms with E-state index in [0.717, 1.165) is 11.6 Å². The molecule has 1 unspecified atom stereocenters. The van der Waals surface area contributed by atoms with Crippen molar-refractivity contribution in [3.63, 3.8) is 0 Å². The Labute approximate surface area is 131 Å².